The van der Waals surface area contributed by atoms with E-state index in [1.54, 1.807) is 24.5 Å². The van der Waals surface area contributed by atoms with Crippen molar-refractivity contribution in [1.29, 1.82) is 0 Å². The molecule has 0 aliphatic rings. The molecule has 0 radical (unpaired) electrons. The van der Waals surface area contributed by atoms with Crippen LogP contribution in [-0.4, -0.2) is 21.6 Å². The zero-order valence-electron chi connectivity index (χ0n) is 12.6. The number of nitrogens with zero attached hydrogens (tertiary/aromatic N) is 2. The Bertz CT molecular complexity index is 806. The first-order valence-electron chi connectivity index (χ1n) is 7.19. The molecular formula is C17H14FN3OS2. The number of hydrogen-bond acceptors (Lipinski definition) is 5. The standard InChI is InChI=1S/C17H14FN3OS2/c18-14-3-1-13(2-4-14)15-10-24-17(20-15)21-16(22)11-23-9-12-5-7-19-8-6-12/h1-8,10H,9,11H2,(H,20,21,22). The maximum absolute atomic E-state index is 12.9. The number of thiazole rings is 1. The summed E-state index contributed by atoms with van der Waals surface area (Å²) in [4.78, 5) is 20.3. The fourth-order valence-corrected chi connectivity index (χ4v) is 3.50. The van der Waals surface area contributed by atoms with Crippen molar-refractivity contribution in [2.24, 2.45) is 0 Å². The van der Waals surface area contributed by atoms with Gasteiger partial charge in [-0.1, -0.05) is 0 Å². The fourth-order valence-electron chi connectivity index (χ4n) is 1.98. The van der Waals surface area contributed by atoms with Gasteiger partial charge in [-0.2, -0.15) is 0 Å². The summed E-state index contributed by atoms with van der Waals surface area (Å²) in [5, 5.41) is 5.18. The minimum atomic E-state index is -0.284. The summed E-state index contributed by atoms with van der Waals surface area (Å²) in [5.74, 6) is 0.741. The summed E-state index contributed by atoms with van der Waals surface area (Å²) >= 11 is 2.89. The first-order valence-corrected chi connectivity index (χ1v) is 9.22. The van der Waals surface area contributed by atoms with Crippen LogP contribution in [0.3, 0.4) is 0 Å². The Balaban J connectivity index is 1.51. The van der Waals surface area contributed by atoms with Crippen molar-refractivity contribution in [3.05, 3.63) is 65.6 Å². The monoisotopic (exact) mass is 359 g/mol. The van der Waals surface area contributed by atoms with Gasteiger partial charge in [-0.3, -0.25) is 9.78 Å². The van der Waals surface area contributed by atoms with E-state index >= 15 is 0 Å². The lowest BCUT2D eigenvalue weighted by atomic mass is 10.2. The fraction of sp³-hybridized carbons (Fsp3) is 0.118. The van der Waals surface area contributed by atoms with E-state index in [-0.39, 0.29) is 11.7 Å². The Hall–Kier alpha value is -2.25. The number of thioether (sulfide) groups is 1. The Morgan fingerprint density at radius 1 is 1.17 bits per heavy atom. The molecule has 0 saturated heterocycles. The minimum absolute atomic E-state index is 0.0888. The number of benzene rings is 1. The van der Waals surface area contributed by atoms with Crippen molar-refractivity contribution < 1.29 is 9.18 Å². The first kappa shape index (κ1) is 16.6. The first-order chi connectivity index (χ1) is 11.7. The molecule has 0 spiro atoms. The van der Waals surface area contributed by atoms with Gasteiger partial charge in [0.2, 0.25) is 5.91 Å². The van der Waals surface area contributed by atoms with Crippen LogP contribution in [0.2, 0.25) is 0 Å². The number of carbonyl (C=O) groups is 1. The Morgan fingerprint density at radius 2 is 1.92 bits per heavy atom. The van der Waals surface area contributed by atoms with Crippen LogP contribution in [0, 0.1) is 5.82 Å². The summed E-state index contributed by atoms with van der Waals surface area (Å²) in [6, 6.07) is 9.98. The summed E-state index contributed by atoms with van der Waals surface area (Å²) in [5.41, 5.74) is 2.68. The third kappa shape index (κ3) is 4.62. The second-order valence-corrected chi connectivity index (χ2v) is 6.78. The number of nitrogens with one attached hydrogen (secondary N) is 1. The van der Waals surface area contributed by atoms with Crippen LogP contribution in [0.15, 0.2) is 54.2 Å². The van der Waals surface area contributed by atoms with E-state index in [9.17, 15) is 9.18 Å². The zero-order valence-corrected chi connectivity index (χ0v) is 14.2. The van der Waals surface area contributed by atoms with E-state index < -0.39 is 0 Å². The smallest absolute Gasteiger partial charge is 0.236 e. The van der Waals surface area contributed by atoms with Crippen LogP contribution >= 0.6 is 23.1 Å². The summed E-state index contributed by atoms with van der Waals surface area (Å²) in [6.45, 7) is 0. The number of aromatic nitrogens is 2. The lowest BCUT2D eigenvalue weighted by Crippen LogP contribution is -2.13. The van der Waals surface area contributed by atoms with E-state index in [2.05, 4.69) is 15.3 Å². The predicted octanol–water partition coefficient (Wildman–Crippen LogP) is 4.22. The number of anilines is 1. The van der Waals surface area contributed by atoms with Crippen molar-refractivity contribution in [3.63, 3.8) is 0 Å². The quantitative estimate of drug-likeness (QED) is 0.716. The number of pyridine rings is 1. The van der Waals surface area contributed by atoms with Gasteiger partial charge in [0.05, 0.1) is 11.4 Å². The van der Waals surface area contributed by atoms with Gasteiger partial charge in [-0.15, -0.1) is 23.1 Å². The van der Waals surface area contributed by atoms with Gasteiger partial charge in [-0.05, 0) is 42.0 Å². The second kappa shape index (κ2) is 8.03. The number of carbonyl (C=O) groups excluding carboxylic acids is 1. The van der Waals surface area contributed by atoms with E-state index in [4.69, 9.17) is 0 Å². The van der Waals surface area contributed by atoms with Crippen LogP contribution < -0.4 is 5.32 Å². The SMILES string of the molecule is O=C(CSCc1ccncc1)Nc1nc(-c2ccc(F)cc2)cs1. The highest BCUT2D eigenvalue weighted by Crippen LogP contribution is 2.25. The number of rotatable bonds is 6. The van der Waals surface area contributed by atoms with Gasteiger partial charge < -0.3 is 5.32 Å². The van der Waals surface area contributed by atoms with Gasteiger partial charge in [0.15, 0.2) is 5.13 Å². The van der Waals surface area contributed by atoms with Crippen LogP contribution in [-0.2, 0) is 10.5 Å². The molecule has 2 aromatic heterocycles. The molecule has 2 heterocycles. The largest absolute Gasteiger partial charge is 0.301 e. The highest BCUT2D eigenvalue weighted by Gasteiger charge is 2.08. The summed E-state index contributed by atoms with van der Waals surface area (Å²) in [6.07, 6.45) is 3.48. The predicted molar refractivity (Wildman–Crippen MR) is 96.5 cm³/mol. The van der Waals surface area contributed by atoms with E-state index in [1.807, 2.05) is 17.5 Å². The molecule has 0 unspecified atom stereocenters. The number of amides is 1. The molecule has 1 aromatic carbocycles. The van der Waals surface area contributed by atoms with Crippen molar-refractivity contribution in [2.75, 3.05) is 11.1 Å². The summed E-state index contributed by atoms with van der Waals surface area (Å²) in [7, 11) is 0. The highest BCUT2D eigenvalue weighted by molar-refractivity contribution is 7.99. The van der Waals surface area contributed by atoms with Crippen LogP contribution in [0.4, 0.5) is 9.52 Å². The zero-order chi connectivity index (χ0) is 16.8. The average Bonchev–Trinajstić information content (AvgIpc) is 3.05. The molecular weight excluding hydrogens is 345 g/mol. The lowest BCUT2D eigenvalue weighted by Gasteiger charge is -2.02. The molecule has 0 fully saturated rings. The van der Waals surface area contributed by atoms with Crippen LogP contribution in [0.25, 0.3) is 11.3 Å². The maximum Gasteiger partial charge on any atom is 0.236 e. The van der Waals surface area contributed by atoms with Gasteiger partial charge in [0.25, 0.3) is 0 Å². The van der Waals surface area contributed by atoms with Crippen molar-refractivity contribution in [1.82, 2.24) is 9.97 Å². The molecule has 0 atom stereocenters. The van der Waals surface area contributed by atoms with Crippen molar-refractivity contribution in [2.45, 2.75) is 5.75 Å². The van der Waals surface area contributed by atoms with Crippen LogP contribution in [0.1, 0.15) is 5.56 Å². The highest BCUT2D eigenvalue weighted by atomic mass is 32.2. The molecule has 3 rings (SSSR count). The van der Waals surface area contributed by atoms with Gasteiger partial charge in [0, 0.05) is 29.1 Å². The molecule has 0 aliphatic heterocycles. The molecule has 7 heteroatoms. The topological polar surface area (TPSA) is 54.9 Å². The molecule has 122 valence electrons. The van der Waals surface area contributed by atoms with Gasteiger partial charge >= 0.3 is 0 Å². The normalized spacial score (nSPS) is 10.5. The average molecular weight is 359 g/mol. The second-order valence-electron chi connectivity index (χ2n) is 4.94. The van der Waals surface area contributed by atoms with Crippen molar-refractivity contribution in [3.8, 4) is 11.3 Å². The molecule has 1 amide bonds. The Labute approximate surface area is 147 Å². The Morgan fingerprint density at radius 3 is 2.67 bits per heavy atom. The van der Waals surface area contributed by atoms with Gasteiger partial charge in [0.1, 0.15) is 5.82 Å². The van der Waals surface area contributed by atoms with Gasteiger partial charge in [-0.25, -0.2) is 9.37 Å². The Kier molecular flexibility index (Phi) is 5.55. The van der Waals surface area contributed by atoms with E-state index in [1.165, 1.54) is 35.2 Å². The molecule has 0 aliphatic carbocycles. The third-order valence-electron chi connectivity index (χ3n) is 3.14. The molecule has 4 nitrogen and oxygen atoms in total. The number of hydrogen-bond donors (Lipinski definition) is 1. The molecule has 3 aromatic rings. The minimum Gasteiger partial charge on any atom is -0.301 e. The molecule has 0 bridgehead atoms. The maximum atomic E-state index is 12.9. The van der Waals surface area contributed by atoms with Crippen LogP contribution in [0.5, 0.6) is 0 Å². The van der Waals surface area contributed by atoms with Crippen molar-refractivity contribution >= 4 is 34.1 Å². The lowest BCUT2D eigenvalue weighted by molar-refractivity contribution is -0.113. The molecule has 24 heavy (non-hydrogen) atoms. The summed E-state index contributed by atoms with van der Waals surface area (Å²) < 4.78 is 12.9. The van der Waals surface area contributed by atoms with E-state index in [0.29, 0.717) is 10.9 Å². The molecule has 1 N–H and O–H groups in total. The van der Waals surface area contributed by atoms with E-state index in [0.717, 1.165) is 22.6 Å². The third-order valence-corrected chi connectivity index (χ3v) is 4.90. The molecule has 0 saturated carbocycles. The number of halogens is 1.